The van der Waals surface area contributed by atoms with Gasteiger partial charge >= 0.3 is 0 Å². The fourth-order valence-electron chi connectivity index (χ4n) is 4.09. The van der Waals surface area contributed by atoms with E-state index in [1.807, 2.05) is 11.9 Å². The maximum Gasteiger partial charge on any atom is 0.277 e. The number of benzene rings is 1. The van der Waals surface area contributed by atoms with Crippen LogP contribution >= 0.6 is 0 Å². The third-order valence-electron chi connectivity index (χ3n) is 5.95. The van der Waals surface area contributed by atoms with Gasteiger partial charge in [-0.2, -0.15) is 0 Å². The molecule has 0 spiro atoms. The zero-order valence-electron chi connectivity index (χ0n) is 17.5. The van der Waals surface area contributed by atoms with Gasteiger partial charge in [0.15, 0.2) is 11.4 Å². The number of nitrogens with one attached hydrogen (secondary N) is 1. The van der Waals surface area contributed by atoms with Crippen molar-refractivity contribution in [2.24, 2.45) is 0 Å². The number of rotatable bonds is 3. The van der Waals surface area contributed by atoms with Crippen LogP contribution in [0.15, 0.2) is 29.2 Å². The minimum absolute atomic E-state index is 0.0362. The zero-order valence-corrected chi connectivity index (χ0v) is 17.5. The van der Waals surface area contributed by atoms with Crippen LogP contribution < -0.4 is 15.8 Å². The van der Waals surface area contributed by atoms with Crippen LogP contribution in [0.2, 0.25) is 0 Å². The topological polar surface area (TPSA) is 94.9 Å². The highest BCUT2D eigenvalue weighted by Gasteiger charge is 2.36. The van der Waals surface area contributed by atoms with Crippen molar-refractivity contribution in [3.63, 3.8) is 0 Å². The maximum absolute atomic E-state index is 14.1. The van der Waals surface area contributed by atoms with E-state index in [9.17, 15) is 23.9 Å². The van der Waals surface area contributed by atoms with Gasteiger partial charge in [-0.3, -0.25) is 24.1 Å². The smallest absolute Gasteiger partial charge is 0.277 e. The fourth-order valence-corrected chi connectivity index (χ4v) is 4.09. The van der Waals surface area contributed by atoms with Gasteiger partial charge in [0.25, 0.3) is 11.8 Å². The highest BCUT2D eigenvalue weighted by atomic mass is 19.1. The molecule has 2 amide bonds. The van der Waals surface area contributed by atoms with Gasteiger partial charge in [-0.05, 0) is 44.7 Å². The Balaban J connectivity index is 1.68. The summed E-state index contributed by atoms with van der Waals surface area (Å²) in [6.07, 6.45) is 3.97. The van der Waals surface area contributed by atoms with Gasteiger partial charge in [-0.1, -0.05) is 12.1 Å². The molecular weight excluding hydrogens is 403 g/mol. The molecule has 31 heavy (non-hydrogen) atoms. The highest BCUT2D eigenvalue weighted by molar-refractivity contribution is 5.99. The summed E-state index contributed by atoms with van der Waals surface area (Å²) in [6, 6.07) is 4.69. The zero-order chi connectivity index (χ0) is 22.3. The fraction of sp³-hybridized carbons (Fsp3) is 0.409. The Kier molecular flexibility index (Phi) is 5.43. The number of halogens is 1. The molecule has 3 heterocycles. The van der Waals surface area contributed by atoms with E-state index in [2.05, 4.69) is 5.32 Å². The number of aromatic hydroxyl groups is 1. The van der Waals surface area contributed by atoms with Gasteiger partial charge in [0.2, 0.25) is 5.43 Å². The average molecular weight is 428 g/mol. The maximum atomic E-state index is 14.1. The summed E-state index contributed by atoms with van der Waals surface area (Å²) in [5.41, 5.74) is -0.320. The second-order valence-corrected chi connectivity index (χ2v) is 8.19. The van der Waals surface area contributed by atoms with Crippen molar-refractivity contribution < 1.29 is 19.1 Å². The second kappa shape index (κ2) is 8.05. The van der Waals surface area contributed by atoms with Crippen molar-refractivity contribution in [1.82, 2.24) is 14.9 Å². The molecule has 8 nitrogen and oxygen atoms in total. The van der Waals surface area contributed by atoms with Gasteiger partial charge in [-0.25, -0.2) is 4.39 Å². The Morgan fingerprint density at radius 3 is 2.81 bits per heavy atom. The van der Waals surface area contributed by atoms with E-state index in [1.54, 1.807) is 24.0 Å². The molecule has 2 aromatic rings. The summed E-state index contributed by atoms with van der Waals surface area (Å²) in [7, 11) is 0. The van der Waals surface area contributed by atoms with Gasteiger partial charge < -0.3 is 15.3 Å². The van der Waals surface area contributed by atoms with Crippen LogP contribution in [0.25, 0.3) is 0 Å². The molecule has 0 aliphatic carbocycles. The van der Waals surface area contributed by atoms with Crippen LogP contribution in [-0.2, 0) is 6.54 Å². The number of carbonyl (C=O) groups excluding carboxylic acids is 2. The number of carbonyl (C=O) groups is 2. The van der Waals surface area contributed by atoms with Crippen molar-refractivity contribution in [3.8, 4) is 5.75 Å². The summed E-state index contributed by atoms with van der Waals surface area (Å²) in [5, 5.41) is 15.0. The Morgan fingerprint density at radius 2 is 2.06 bits per heavy atom. The molecule has 1 atom stereocenters. The molecule has 4 rings (SSSR count). The number of fused-ring (bicyclic) bond motifs is 4. The molecule has 0 radical (unpaired) electrons. The second-order valence-electron chi connectivity index (χ2n) is 8.19. The quantitative estimate of drug-likeness (QED) is 0.778. The first kappa shape index (κ1) is 20.9. The first-order chi connectivity index (χ1) is 14.8. The normalized spacial score (nSPS) is 18.3. The molecule has 164 valence electrons. The molecule has 1 aromatic heterocycles. The van der Waals surface area contributed by atoms with Crippen LogP contribution in [0.4, 0.5) is 4.39 Å². The Bertz CT molecular complexity index is 1110. The third-order valence-corrected chi connectivity index (χ3v) is 5.95. The van der Waals surface area contributed by atoms with E-state index in [0.29, 0.717) is 13.2 Å². The van der Waals surface area contributed by atoms with E-state index < -0.39 is 28.8 Å². The van der Waals surface area contributed by atoms with Gasteiger partial charge in [-0.15, -0.1) is 0 Å². The largest absolute Gasteiger partial charge is 0.502 e. The van der Waals surface area contributed by atoms with E-state index in [1.165, 1.54) is 16.9 Å². The third kappa shape index (κ3) is 3.75. The van der Waals surface area contributed by atoms with Crippen molar-refractivity contribution in [1.29, 1.82) is 0 Å². The summed E-state index contributed by atoms with van der Waals surface area (Å²) < 4.78 is 15.5. The van der Waals surface area contributed by atoms with E-state index in [0.717, 1.165) is 24.8 Å². The monoisotopic (exact) mass is 428 g/mol. The first-order valence-electron chi connectivity index (χ1n) is 10.4. The molecule has 0 unspecified atom stereocenters. The summed E-state index contributed by atoms with van der Waals surface area (Å²) in [4.78, 5) is 39.9. The number of aromatic nitrogens is 1. The molecular formula is C22H25FN4O4. The first-order valence-corrected chi connectivity index (χ1v) is 10.4. The predicted octanol–water partition coefficient (Wildman–Crippen LogP) is 1.86. The molecule has 2 aliphatic rings. The lowest BCUT2D eigenvalue weighted by molar-refractivity contribution is 0.0656. The molecule has 2 bridgehead atoms. The van der Waals surface area contributed by atoms with Gasteiger partial charge in [0.05, 0.1) is 0 Å². The highest BCUT2D eigenvalue weighted by Crippen LogP contribution is 2.25. The molecule has 2 aliphatic heterocycles. The summed E-state index contributed by atoms with van der Waals surface area (Å²) in [5.74, 6) is -2.38. The van der Waals surface area contributed by atoms with E-state index in [-0.39, 0.29) is 29.4 Å². The Morgan fingerprint density at radius 1 is 1.29 bits per heavy atom. The molecule has 1 aromatic carbocycles. The van der Waals surface area contributed by atoms with E-state index in [4.69, 9.17) is 0 Å². The van der Waals surface area contributed by atoms with Crippen LogP contribution in [0.1, 0.15) is 58.2 Å². The van der Waals surface area contributed by atoms with Crippen LogP contribution in [0, 0.1) is 12.7 Å². The Hall–Kier alpha value is -3.36. The standard InChI is InChI=1S/C22H25FN4O4/c1-13-6-7-15(17(23)9-13)10-24-21(30)16-11-26-18(20(29)19(16)28)22(31)25-8-4-3-5-14(2)27(26)12-25/h6-7,9,11,14,29H,3-5,8,10,12H2,1-2H3,(H,24,30)/t14-/m0/s1. The molecule has 0 saturated carbocycles. The van der Waals surface area contributed by atoms with Crippen molar-refractivity contribution in [2.45, 2.75) is 45.7 Å². The number of pyridine rings is 1. The van der Waals surface area contributed by atoms with Gasteiger partial charge in [0.1, 0.15) is 18.0 Å². The number of aryl methyl sites for hydroxylation is 1. The van der Waals surface area contributed by atoms with Crippen molar-refractivity contribution in [2.75, 3.05) is 18.2 Å². The lowest BCUT2D eigenvalue weighted by Gasteiger charge is -2.44. The predicted molar refractivity (Wildman–Crippen MR) is 112 cm³/mol. The van der Waals surface area contributed by atoms with E-state index >= 15 is 0 Å². The number of nitrogens with zero attached hydrogens (tertiary/aromatic N) is 3. The van der Waals surface area contributed by atoms with Crippen LogP contribution in [0.5, 0.6) is 5.75 Å². The Labute approximate surface area is 178 Å². The summed E-state index contributed by atoms with van der Waals surface area (Å²) in [6.45, 7) is 4.50. The molecule has 1 saturated heterocycles. The number of hydrogen-bond acceptors (Lipinski definition) is 5. The lowest BCUT2D eigenvalue weighted by Crippen LogP contribution is -2.58. The summed E-state index contributed by atoms with van der Waals surface area (Å²) >= 11 is 0. The average Bonchev–Trinajstić information content (AvgIpc) is 2.72. The minimum Gasteiger partial charge on any atom is -0.502 e. The van der Waals surface area contributed by atoms with Gasteiger partial charge in [0, 0.05) is 30.9 Å². The van der Waals surface area contributed by atoms with Crippen LogP contribution in [0.3, 0.4) is 0 Å². The lowest BCUT2D eigenvalue weighted by atomic mass is 10.1. The molecule has 9 heteroatoms. The minimum atomic E-state index is -0.923. The van der Waals surface area contributed by atoms with Crippen molar-refractivity contribution >= 4 is 11.8 Å². The molecule has 2 N–H and O–H groups in total. The number of hydrogen-bond donors (Lipinski definition) is 2. The number of amides is 2. The molecule has 1 fully saturated rings. The van der Waals surface area contributed by atoms with Crippen molar-refractivity contribution in [3.05, 3.63) is 62.8 Å². The SMILES string of the molecule is Cc1ccc(CNC(=O)c2cn3c(c(O)c2=O)C(=O)N2CCCC[C@H](C)N3C2)c(F)c1. The van der Waals surface area contributed by atoms with Crippen LogP contribution in [-0.4, -0.2) is 45.8 Å².